The molecule has 0 saturated carbocycles. The first-order chi connectivity index (χ1) is 13.1. The number of halogens is 2. The van der Waals surface area contributed by atoms with E-state index in [4.69, 9.17) is 9.47 Å². The fourth-order valence-corrected chi connectivity index (χ4v) is 3.42. The van der Waals surface area contributed by atoms with Crippen molar-refractivity contribution >= 4 is 27.0 Å². The summed E-state index contributed by atoms with van der Waals surface area (Å²) >= 11 is 3.55. The Kier molecular flexibility index (Phi) is 4.81. The second-order valence-corrected chi connectivity index (χ2v) is 6.86. The number of ether oxygens (including phenoxy) is 2. The Bertz CT molecular complexity index is 1080. The molecule has 3 aromatic carbocycles. The number of nitrogens with zero attached hydrogens (tertiary/aromatic N) is 1. The maximum absolute atomic E-state index is 13.3. The lowest BCUT2D eigenvalue weighted by Gasteiger charge is -2.14. The van der Waals surface area contributed by atoms with Gasteiger partial charge in [0.05, 0.1) is 22.6 Å². The number of aromatic nitrogens is 2. The van der Waals surface area contributed by atoms with E-state index in [0.29, 0.717) is 11.5 Å². The molecule has 4 rings (SSSR count). The number of hydrogen-bond donors (Lipinski definition) is 1. The number of methoxy groups -OCH3 is 1. The lowest BCUT2D eigenvalue weighted by molar-refractivity contribution is 0.282. The largest absolute Gasteiger partial charge is 0.493 e. The minimum Gasteiger partial charge on any atom is -0.493 e. The molecular formula is C21H16BrFN2O2. The van der Waals surface area contributed by atoms with Crippen molar-refractivity contribution in [2.24, 2.45) is 0 Å². The van der Waals surface area contributed by atoms with Gasteiger partial charge < -0.3 is 14.5 Å². The number of hydrogen-bond acceptors (Lipinski definition) is 3. The summed E-state index contributed by atoms with van der Waals surface area (Å²) in [5.74, 6) is 1.58. The minimum atomic E-state index is -0.289. The van der Waals surface area contributed by atoms with Crippen LogP contribution >= 0.6 is 15.9 Å². The van der Waals surface area contributed by atoms with Crippen LogP contribution in [0.3, 0.4) is 0 Å². The lowest BCUT2D eigenvalue weighted by Crippen LogP contribution is -1.99. The molecule has 4 aromatic rings. The van der Waals surface area contributed by atoms with Gasteiger partial charge in [-0.2, -0.15) is 0 Å². The molecule has 0 bridgehead atoms. The highest BCUT2D eigenvalue weighted by Crippen LogP contribution is 2.39. The second-order valence-electron chi connectivity index (χ2n) is 6.01. The van der Waals surface area contributed by atoms with Gasteiger partial charge in [0.25, 0.3) is 0 Å². The molecule has 0 aliphatic heterocycles. The fourth-order valence-electron chi connectivity index (χ4n) is 2.87. The normalized spacial score (nSPS) is 10.9. The van der Waals surface area contributed by atoms with Crippen LogP contribution in [0, 0.1) is 5.82 Å². The Balaban J connectivity index is 1.65. The van der Waals surface area contributed by atoms with Crippen LogP contribution in [0.15, 0.2) is 65.1 Å². The first kappa shape index (κ1) is 17.5. The molecule has 0 radical (unpaired) electrons. The summed E-state index contributed by atoms with van der Waals surface area (Å²) in [5, 5.41) is 0. The van der Waals surface area contributed by atoms with Crippen molar-refractivity contribution in [2.45, 2.75) is 6.61 Å². The zero-order valence-corrected chi connectivity index (χ0v) is 16.1. The third-order valence-corrected chi connectivity index (χ3v) is 4.75. The SMILES string of the molecule is COc1cc(-c2nc3ccccc3[nH]2)cc(Br)c1OCc1cccc(F)c1. The van der Waals surface area contributed by atoms with Gasteiger partial charge in [-0.05, 0) is 57.9 Å². The van der Waals surface area contributed by atoms with Crippen molar-refractivity contribution in [2.75, 3.05) is 7.11 Å². The molecule has 136 valence electrons. The van der Waals surface area contributed by atoms with E-state index in [1.54, 1.807) is 13.2 Å². The monoisotopic (exact) mass is 426 g/mol. The van der Waals surface area contributed by atoms with Crippen LogP contribution in [-0.2, 0) is 6.61 Å². The van der Waals surface area contributed by atoms with E-state index in [1.807, 2.05) is 42.5 Å². The molecular weight excluding hydrogens is 411 g/mol. The van der Waals surface area contributed by atoms with Gasteiger partial charge >= 0.3 is 0 Å². The molecule has 0 aliphatic carbocycles. The summed E-state index contributed by atoms with van der Waals surface area (Å²) in [5.41, 5.74) is 3.47. The van der Waals surface area contributed by atoms with E-state index in [1.165, 1.54) is 12.1 Å². The minimum absolute atomic E-state index is 0.233. The van der Waals surface area contributed by atoms with Crippen molar-refractivity contribution < 1.29 is 13.9 Å². The standard InChI is InChI=1S/C21H16BrFN2O2/c1-26-19-11-14(21-24-17-7-2-3-8-18(17)25-21)10-16(22)20(19)27-12-13-5-4-6-15(23)9-13/h2-11H,12H2,1H3,(H,24,25). The van der Waals surface area contributed by atoms with Gasteiger partial charge in [0, 0.05) is 5.56 Å². The number of fused-ring (bicyclic) bond motifs is 1. The van der Waals surface area contributed by atoms with E-state index >= 15 is 0 Å². The summed E-state index contributed by atoms with van der Waals surface area (Å²) in [7, 11) is 1.58. The van der Waals surface area contributed by atoms with E-state index in [9.17, 15) is 4.39 Å². The van der Waals surface area contributed by atoms with Crippen LogP contribution in [0.2, 0.25) is 0 Å². The molecule has 0 aliphatic rings. The van der Waals surface area contributed by atoms with Gasteiger partial charge in [0.15, 0.2) is 11.5 Å². The van der Waals surface area contributed by atoms with E-state index < -0.39 is 0 Å². The number of aromatic amines is 1. The van der Waals surface area contributed by atoms with Crippen molar-refractivity contribution in [3.05, 3.63) is 76.5 Å². The fraction of sp³-hybridized carbons (Fsp3) is 0.0952. The Morgan fingerprint density at radius 1 is 1.07 bits per heavy atom. The molecule has 0 amide bonds. The molecule has 0 saturated heterocycles. The second kappa shape index (κ2) is 7.40. The van der Waals surface area contributed by atoms with Crippen LogP contribution in [0.4, 0.5) is 4.39 Å². The molecule has 1 aromatic heterocycles. The first-order valence-corrected chi connectivity index (χ1v) is 9.13. The van der Waals surface area contributed by atoms with Gasteiger partial charge in [-0.15, -0.1) is 0 Å². The van der Waals surface area contributed by atoms with E-state index in [2.05, 4.69) is 25.9 Å². The Labute approximate surface area is 164 Å². The quantitative estimate of drug-likeness (QED) is 0.443. The first-order valence-electron chi connectivity index (χ1n) is 8.34. The highest BCUT2D eigenvalue weighted by Gasteiger charge is 2.15. The number of para-hydroxylation sites is 2. The summed E-state index contributed by atoms with van der Waals surface area (Å²) in [6, 6.07) is 18.0. The smallest absolute Gasteiger partial charge is 0.175 e. The molecule has 0 atom stereocenters. The summed E-state index contributed by atoms with van der Waals surface area (Å²) < 4.78 is 25.5. The zero-order valence-electron chi connectivity index (χ0n) is 14.5. The van der Waals surface area contributed by atoms with Gasteiger partial charge in [-0.1, -0.05) is 24.3 Å². The van der Waals surface area contributed by atoms with Crippen molar-refractivity contribution in [1.82, 2.24) is 9.97 Å². The highest BCUT2D eigenvalue weighted by molar-refractivity contribution is 9.10. The molecule has 27 heavy (non-hydrogen) atoms. The summed E-state index contributed by atoms with van der Waals surface area (Å²) in [6.45, 7) is 0.233. The van der Waals surface area contributed by atoms with Crippen LogP contribution in [-0.4, -0.2) is 17.1 Å². The molecule has 1 heterocycles. The lowest BCUT2D eigenvalue weighted by atomic mass is 10.2. The number of imidazole rings is 1. The average molecular weight is 427 g/mol. The Morgan fingerprint density at radius 3 is 2.70 bits per heavy atom. The molecule has 6 heteroatoms. The van der Waals surface area contributed by atoms with Crippen molar-refractivity contribution in [3.63, 3.8) is 0 Å². The Morgan fingerprint density at radius 2 is 1.93 bits per heavy atom. The molecule has 0 unspecified atom stereocenters. The van der Waals surface area contributed by atoms with Gasteiger partial charge in [-0.3, -0.25) is 0 Å². The number of H-pyrrole nitrogens is 1. The van der Waals surface area contributed by atoms with Crippen LogP contribution in [0.5, 0.6) is 11.5 Å². The highest BCUT2D eigenvalue weighted by atomic mass is 79.9. The maximum atomic E-state index is 13.3. The topological polar surface area (TPSA) is 47.1 Å². The van der Waals surface area contributed by atoms with Gasteiger partial charge in [0.1, 0.15) is 18.2 Å². The van der Waals surface area contributed by atoms with E-state index in [0.717, 1.165) is 32.5 Å². The van der Waals surface area contributed by atoms with Crippen LogP contribution in [0.1, 0.15) is 5.56 Å². The van der Waals surface area contributed by atoms with Crippen molar-refractivity contribution in [3.8, 4) is 22.9 Å². The van der Waals surface area contributed by atoms with Crippen molar-refractivity contribution in [1.29, 1.82) is 0 Å². The third-order valence-electron chi connectivity index (χ3n) is 4.16. The summed E-state index contributed by atoms with van der Waals surface area (Å²) in [6.07, 6.45) is 0. The maximum Gasteiger partial charge on any atom is 0.175 e. The number of nitrogens with one attached hydrogen (secondary N) is 1. The zero-order chi connectivity index (χ0) is 18.8. The molecule has 4 nitrogen and oxygen atoms in total. The number of benzene rings is 3. The number of rotatable bonds is 5. The molecule has 1 N–H and O–H groups in total. The third kappa shape index (κ3) is 3.66. The predicted octanol–water partition coefficient (Wildman–Crippen LogP) is 5.72. The van der Waals surface area contributed by atoms with Crippen LogP contribution < -0.4 is 9.47 Å². The molecule has 0 fully saturated rings. The molecule has 0 spiro atoms. The predicted molar refractivity (Wildman–Crippen MR) is 107 cm³/mol. The van der Waals surface area contributed by atoms with Crippen LogP contribution in [0.25, 0.3) is 22.4 Å². The Hall–Kier alpha value is -2.86. The van der Waals surface area contributed by atoms with Gasteiger partial charge in [0.2, 0.25) is 0 Å². The van der Waals surface area contributed by atoms with E-state index in [-0.39, 0.29) is 12.4 Å². The summed E-state index contributed by atoms with van der Waals surface area (Å²) in [4.78, 5) is 7.92. The average Bonchev–Trinajstić information content (AvgIpc) is 3.11. The van der Waals surface area contributed by atoms with Gasteiger partial charge in [-0.25, -0.2) is 9.37 Å².